The maximum absolute atomic E-state index is 11.7. The molecule has 120 valence electrons. The number of benzene rings is 1. The van der Waals surface area contributed by atoms with Crippen LogP contribution in [0.2, 0.25) is 0 Å². The quantitative estimate of drug-likeness (QED) is 0.458. The first-order valence-corrected chi connectivity index (χ1v) is 8.00. The Morgan fingerprint density at radius 1 is 1.22 bits per heavy atom. The van der Waals surface area contributed by atoms with Gasteiger partial charge in [0.15, 0.2) is 0 Å². The van der Waals surface area contributed by atoms with Gasteiger partial charge >= 0.3 is 11.9 Å². The van der Waals surface area contributed by atoms with Crippen molar-refractivity contribution >= 4 is 29.8 Å². The van der Waals surface area contributed by atoms with E-state index >= 15 is 0 Å². The first-order chi connectivity index (χ1) is 11.1. The van der Waals surface area contributed by atoms with E-state index in [1.165, 1.54) is 19.4 Å². The predicted molar refractivity (Wildman–Crippen MR) is 87.1 cm³/mol. The lowest BCUT2D eigenvalue weighted by atomic mass is 10.2. The molecule has 0 N–H and O–H groups in total. The van der Waals surface area contributed by atoms with Crippen molar-refractivity contribution in [2.45, 2.75) is 11.5 Å². The molecule has 0 saturated heterocycles. The summed E-state index contributed by atoms with van der Waals surface area (Å²) in [7, 11) is 1.26. The Balaban J connectivity index is 1.91. The minimum Gasteiger partial charge on any atom is -0.463 e. The van der Waals surface area contributed by atoms with Crippen LogP contribution in [0.25, 0.3) is 6.08 Å². The molecule has 23 heavy (non-hydrogen) atoms. The van der Waals surface area contributed by atoms with Gasteiger partial charge in [0.05, 0.1) is 13.4 Å². The Morgan fingerprint density at radius 3 is 2.61 bits per heavy atom. The smallest absolute Gasteiger partial charge is 0.374 e. The highest BCUT2D eigenvalue weighted by Crippen LogP contribution is 2.16. The van der Waals surface area contributed by atoms with Gasteiger partial charge in [0.25, 0.3) is 0 Å². The third-order valence-electron chi connectivity index (χ3n) is 3.02. The zero-order valence-corrected chi connectivity index (χ0v) is 13.6. The van der Waals surface area contributed by atoms with Gasteiger partial charge in [0, 0.05) is 16.5 Å². The van der Waals surface area contributed by atoms with Crippen molar-refractivity contribution < 1.29 is 23.5 Å². The van der Waals surface area contributed by atoms with Crippen molar-refractivity contribution in [3.05, 3.63) is 59.6 Å². The van der Waals surface area contributed by atoms with Crippen LogP contribution < -0.4 is 0 Å². The van der Waals surface area contributed by atoms with Crippen LogP contribution in [0, 0.1) is 0 Å². The van der Waals surface area contributed by atoms with Gasteiger partial charge in [-0.2, -0.15) is 0 Å². The Hall–Kier alpha value is -2.47. The monoisotopic (exact) mass is 332 g/mol. The first kappa shape index (κ1) is 16.9. The van der Waals surface area contributed by atoms with E-state index in [1.807, 2.05) is 30.5 Å². The van der Waals surface area contributed by atoms with Gasteiger partial charge in [-0.25, -0.2) is 9.59 Å². The van der Waals surface area contributed by atoms with Gasteiger partial charge in [-0.05, 0) is 36.1 Å². The molecule has 0 saturated carbocycles. The van der Waals surface area contributed by atoms with E-state index in [1.54, 1.807) is 23.9 Å². The van der Waals surface area contributed by atoms with Crippen molar-refractivity contribution in [3.63, 3.8) is 0 Å². The van der Waals surface area contributed by atoms with Gasteiger partial charge < -0.3 is 13.9 Å². The average molecular weight is 332 g/mol. The predicted octanol–water partition coefficient (Wildman–Crippen LogP) is 3.54. The van der Waals surface area contributed by atoms with Crippen molar-refractivity contribution in [1.82, 2.24) is 0 Å². The molecule has 0 aliphatic carbocycles. The minimum atomic E-state index is -0.606. The maximum Gasteiger partial charge on any atom is 0.374 e. The van der Waals surface area contributed by atoms with Crippen molar-refractivity contribution in [2.24, 2.45) is 0 Å². The molecule has 0 aliphatic heterocycles. The van der Waals surface area contributed by atoms with E-state index in [4.69, 9.17) is 9.15 Å². The maximum atomic E-state index is 11.7. The molecule has 1 aromatic heterocycles. The van der Waals surface area contributed by atoms with Crippen LogP contribution in [-0.2, 0) is 20.9 Å². The third kappa shape index (κ3) is 4.75. The molecule has 1 heterocycles. The van der Waals surface area contributed by atoms with Crippen LogP contribution in [0.4, 0.5) is 0 Å². The fourth-order valence-electron chi connectivity index (χ4n) is 1.80. The molecule has 6 heteroatoms. The number of furan rings is 1. The zero-order valence-electron chi connectivity index (χ0n) is 12.8. The Labute approximate surface area is 138 Å². The number of hydrogen-bond acceptors (Lipinski definition) is 6. The number of carbonyl (C=O) groups is 2. The molecule has 0 atom stereocenters. The Morgan fingerprint density at radius 2 is 1.96 bits per heavy atom. The van der Waals surface area contributed by atoms with Crippen molar-refractivity contribution in [1.29, 1.82) is 0 Å². The van der Waals surface area contributed by atoms with Crippen LogP contribution in [0.15, 0.2) is 52.0 Å². The van der Waals surface area contributed by atoms with Crippen LogP contribution >= 0.6 is 11.8 Å². The standard InChI is InChI=1S/C17H16O5S/c1-20-17(19)16-13(9-10-21-16)11-22-15(18)8-5-12-3-6-14(23-2)7-4-12/h3-10H,11H2,1-2H3/b8-5+. The lowest BCUT2D eigenvalue weighted by Crippen LogP contribution is -2.06. The molecule has 0 amide bonds. The zero-order chi connectivity index (χ0) is 16.7. The van der Waals surface area contributed by atoms with E-state index in [9.17, 15) is 9.59 Å². The molecule has 1 aromatic carbocycles. The normalized spacial score (nSPS) is 10.7. The fraction of sp³-hybridized carbons (Fsp3) is 0.176. The molecule has 2 aromatic rings. The highest BCUT2D eigenvalue weighted by molar-refractivity contribution is 7.98. The van der Waals surface area contributed by atoms with Crippen LogP contribution in [-0.4, -0.2) is 25.3 Å². The summed E-state index contributed by atoms with van der Waals surface area (Å²) in [5.41, 5.74) is 1.36. The second-order valence-corrected chi connectivity index (χ2v) is 5.36. The van der Waals surface area contributed by atoms with E-state index in [2.05, 4.69) is 4.74 Å². The molecular weight excluding hydrogens is 316 g/mol. The van der Waals surface area contributed by atoms with E-state index < -0.39 is 11.9 Å². The SMILES string of the molecule is COC(=O)c1occc1COC(=O)/C=C/c1ccc(SC)cc1. The summed E-state index contributed by atoms with van der Waals surface area (Å²) < 4.78 is 14.7. The Bertz CT molecular complexity index is 700. The van der Waals surface area contributed by atoms with Crippen molar-refractivity contribution in [2.75, 3.05) is 13.4 Å². The van der Waals surface area contributed by atoms with E-state index in [-0.39, 0.29) is 12.4 Å². The van der Waals surface area contributed by atoms with Gasteiger partial charge in [0.1, 0.15) is 6.61 Å². The highest BCUT2D eigenvalue weighted by Gasteiger charge is 2.16. The van der Waals surface area contributed by atoms with E-state index in [0.29, 0.717) is 5.56 Å². The summed E-state index contributed by atoms with van der Waals surface area (Å²) >= 11 is 1.65. The van der Waals surface area contributed by atoms with Crippen molar-refractivity contribution in [3.8, 4) is 0 Å². The summed E-state index contributed by atoms with van der Waals surface area (Å²) in [6.07, 6.45) is 6.36. The van der Waals surface area contributed by atoms with E-state index in [0.717, 1.165) is 10.5 Å². The second-order valence-electron chi connectivity index (χ2n) is 4.48. The lowest BCUT2D eigenvalue weighted by molar-refractivity contribution is -0.138. The molecule has 2 rings (SSSR count). The summed E-state index contributed by atoms with van der Waals surface area (Å²) in [6, 6.07) is 9.35. The molecule has 0 unspecified atom stereocenters. The molecule has 0 bridgehead atoms. The van der Waals surface area contributed by atoms with Crippen LogP contribution in [0.1, 0.15) is 21.7 Å². The van der Waals surface area contributed by atoms with Gasteiger partial charge in [-0.1, -0.05) is 12.1 Å². The number of carbonyl (C=O) groups excluding carboxylic acids is 2. The average Bonchev–Trinajstić information content (AvgIpc) is 3.06. The number of thioether (sulfide) groups is 1. The molecule has 0 spiro atoms. The summed E-state index contributed by atoms with van der Waals surface area (Å²) in [4.78, 5) is 24.3. The molecule has 5 nitrogen and oxygen atoms in total. The van der Waals surface area contributed by atoms with Crippen LogP contribution in [0.5, 0.6) is 0 Å². The van der Waals surface area contributed by atoms with Gasteiger partial charge in [0.2, 0.25) is 5.76 Å². The topological polar surface area (TPSA) is 65.7 Å². The summed E-state index contributed by atoms with van der Waals surface area (Å²) in [5.74, 6) is -1.07. The number of methoxy groups -OCH3 is 1. The number of esters is 2. The largest absolute Gasteiger partial charge is 0.463 e. The molecule has 0 radical (unpaired) electrons. The van der Waals surface area contributed by atoms with Gasteiger partial charge in [-0.15, -0.1) is 11.8 Å². The minimum absolute atomic E-state index is 0.0388. The fourth-order valence-corrected chi connectivity index (χ4v) is 2.21. The summed E-state index contributed by atoms with van der Waals surface area (Å²) in [6.45, 7) is -0.0600. The number of hydrogen-bond donors (Lipinski definition) is 0. The highest BCUT2D eigenvalue weighted by atomic mass is 32.2. The number of rotatable bonds is 6. The Kier molecular flexibility index (Phi) is 6.05. The summed E-state index contributed by atoms with van der Waals surface area (Å²) in [5, 5.41) is 0. The van der Waals surface area contributed by atoms with Crippen LogP contribution in [0.3, 0.4) is 0 Å². The molecule has 0 aliphatic rings. The second kappa shape index (κ2) is 8.24. The first-order valence-electron chi connectivity index (χ1n) is 6.77. The molecular formula is C17H16O5S. The molecule has 0 fully saturated rings. The number of ether oxygens (including phenoxy) is 2. The van der Waals surface area contributed by atoms with Gasteiger partial charge in [-0.3, -0.25) is 0 Å². The lowest BCUT2D eigenvalue weighted by Gasteiger charge is -2.02. The third-order valence-corrected chi connectivity index (χ3v) is 3.76.